The number of hydrogen-bond donors (Lipinski definition) is 4. The number of carbonyl (C=O) groups excluding carboxylic acids is 2. The van der Waals surface area contributed by atoms with Gasteiger partial charge in [0.1, 0.15) is 11.5 Å². The fourth-order valence-corrected chi connectivity index (χ4v) is 5.31. The number of anilines is 4. The van der Waals surface area contributed by atoms with E-state index >= 15 is 0 Å². The Bertz CT molecular complexity index is 1570. The maximum absolute atomic E-state index is 14.0. The van der Waals surface area contributed by atoms with Gasteiger partial charge < -0.3 is 32.4 Å². The topological polar surface area (TPSA) is 157 Å². The normalized spacial score (nSPS) is 12.1. The predicted molar refractivity (Wildman–Crippen MR) is 168 cm³/mol. The van der Waals surface area contributed by atoms with Crippen LogP contribution in [0.3, 0.4) is 0 Å². The average molecular weight is 565 g/mol. The highest BCUT2D eigenvalue weighted by molar-refractivity contribution is 6.35. The van der Waals surface area contributed by atoms with Gasteiger partial charge in [0.25, 0.3) is 0 Å². The largest absolute Gasteiger partial charge is 0.455 e. The van der Waals surface area contributed by atoms with Crippen molar-refractivity contribution in [3.05, 3.63) is 94.0 Å². The van der Waals surface area contributed by atoms with Crippen molar-refractivity contribution < 1.29 is 19.1 Å². The van der Waals surface area contributed by atoms with Crippen LogP contribution >= 0.6 is 0 Å². The standard InChI is InChI=1S/C34H36N4O4/c1-3-5-9-19-11-7-13-21(15-19)41-25-17-23(35)27-29(31(25)37)34(40)30-28(33(27)39)24(36)18-26(32(30)38)42-22-14-8-12-20(16-22)10-6-4-2/h7-8,11-18H,3-6,9-10,35-38H2,1-2H3. The van der Waals surface area contributed by atoms with E-state index in [1.807, 2.05) is 36.4 Å². The average Bonchev–Trinajstić information content (AvgIpc) is 2.97. The van der Waals surface area contributed by atoms with Crippen LogP contribution in [0.25, 0.3) is 0 Å². The fourth-order valence-electron chi connectivity index (χ4n) is 5.31. The molecule has 1 aliphatic carbocycles. The number of hydrogen-bond acceptors (Lipinski definition) is 8. The number of ketones is 2. The third kappa shape index (κ3) is 5.35. The molecule has 216 valence electrons. The molecule has 5 rings (SSSR count). The van der Waals surface area contributed by atoms with Crippen LogP contribution in [-0.2, 0) is 12.8 Å². The van der Waals surface area contributed by atoms with E-state index in [1.165, 1.54) is 12.1 Å². The maximum Gasteiger partial charge on any atom is 0.199 e. The molecule has 0 unspecified atom stereocenters. The van der Waals surface area contributed by atoms with Crippen molar-refractivity contribution in [2.75, 3.05) is 22.9 Å². The Morgan fingerprint density at radius 1 is 0.571 bits per heavy atom. The lowest BCUT2D eigenvalue weighted by Gasteiger charge is -2.25. The first kappa shape index (κ1) is 28.5. The summed E-state index contributed by atoms with van der Waals surface area (Å²) in [4.78, 5) is 27.7. The third-order valence-corrected chi connectivity index (χ3v) is 7.52. The summed E-state index contributed by atoms with van der Waals surface area (Å²) in [5, 5.41) is 0. The van der Waals surface area contributed by atoms with Crippen molar-refractivity contribution in [3.8, 4) is 23.0 Å². The molecule has 4 aromatic carbocycles. The molecular weight excluding hydrogens is 528 g/mol. The van der Waals surface area contributed by atoms with Gasteiger partial charge in [0.15, 0.2) is 23.1 Å². The highest BCUT2D eigenvalue weighted by Gasteiger charge is 2.38. The molecule has 0 aliphatic heterocycles. The van der Waals surface area contributed by atoms with Gasteiger partial charge in [0.05, 0.1) is 33.6 Å². The molecule has 0 heterocycles. The van der Waals surface area contributed by atoms with Crippen LogP contribution in [0.2, 0.25) is 0 Å². The van der Waals surface area contributed by atoms with E-state index in [0.29, 0.717) is 11.5 Å². The predicted octanol–water partition coefficient (Wildman–Crippen LogP) is 7.06. The SMILES string of the molecule is CCCCc1cccc(Oc2cc(N)c3c(c2N)C(=O)c2c(N)c(Oc4cccc(CCCC)c4)cc(N)c2C3=O)c1. The quantitative estimate of drug-likeness (QED) is 0.131. The Morgan fingerprint density at radius 3 is 1.38 bits per heavy atom. The minimum Gasteiger partial charge on any atom is -0.455 e. The fraction of sp³-hybridized carbons (Fsp3) is 0.235. The molecule has 0 aromatic heterocycles. The lowest BCUT2D eigenvalue weighted by molar-refractivity contribution is 0.0981. The van der Waals surface area contributed by atoms with Gasteiger partial charge >= 0.3 is 0 Å². The van der Waals surface area contributed by atoms with E-state index < -0.39 is 11.6 Å². The molecule has 0 bridgehead atoms. The van der Waals surface area contributed by atoms with Crippen molar-refractivity contribution in [3.63, 3.8) is 0 Å². The summed E-state index contributed by atoms with van der Waals surface area (Å²) in [5.41, 5.74) is 27.8. The summed E-state index contributed by atoms with van der Waals surface area (Å²) in [6, 6.07) is 18.2. The molecule has 8 N–H and O–H groups in total. The van der Waals surface area contributed by atoms with Crippen LogP contribution in [-0.4, -0.2) is 11.6 Å². The van der Waals surface area contributed by atoms with Gasteiger partial charge in [-0.05, 0) is 61.1 Å². The minimum absolute atomic E-state index is 0.00456. The van der Waals surface area contributed by atoms with E-state index in [1.54, 1.807) is 12.1 Å². The first-order valence-electron chi connectivity index (χ1n) is 14.3. The molecule has 4 aromatic rings. The Kier molecular flexibility index (Phi) is 8.06. The number of aryl methyl sites for hydroxylation is 2. The van der Waals surface area contributed by atoms with Gasteiger partial charge in [-0.2, -0.15) is 0 Å². The number of fused-ring (bicyclic) bond motifs is 2. The van der Waals surface area contributed by atoms with Crippen molar-refractivity contribution in [1.29, 1.82) is 0 Å². The van der Waals surface area contributed by atoms with Crippen molar-refractivity contribution in [1.82, 2.24) is 0 Å². The lowest BCUT2D eigenvalue weighted by Crippen LogP contribution is -2.26. The summed E-state index contributed by atoms with van der Waals surface area (Å²) in [7, 11) is 0. The molecule has 0 saturated carbocycles. The number of rotatable bonds is 10. The van der Waals surface area contributed by atoms with Crippen LogP contribution < -0.4 is 32.4 Å². The molecule has 0 radical (unpaired) electrons. The molecule has 8 heteroatoms. The zero-order valence-corrected chi connectivity index (χ0v) is 24.0. The Morgan fingerprint density at radius 2 is 0.976 bits per heavy atom. The zero-order valence-electron chi connectivity index (χ0n) is 24.0. The van der Waals surface area contributed by atoms with Gasteiger partial charge in [-0.25, -0.2) is 0 Å². The van der Waals surface area contributed by atoms with Crippen molar-refractivity contribution in [2.24, 2.45) is 0 Å². The molecule has 0 fully saturated rings. The van der Waals surface area contributed by atoms with Crippen molar-refractivity contribution in [2.45, 2.75) is 52.4 Å². The second-order valence-corrected chi connectivity index (χ2v) is 10.6. The van der Waals surface area contributed by atoms with Gasteiger partial charge in [-0.3, -0.25) is 9.59 Å². The van der Waals surface area contributed by atoms with Gasteiger partial charge in [0.2, 0.25) is 0 Å². The summed E-state index contributed by atoms with van der Waals surface area (Å²) in [5.74, 6) is 0.333. The summed E-state index contributed by atoms with van der Waals surface area (Å²) in [6.07, 6.45) is 6.06. The van der Waals surface area contributed by atoms with E-state index in [-0.39, 0.29) is 56.5 Å². The Balaban J connectivity index is 1.53. The molecule has 8 nitrogen and oxygen atoms in total. The number of ether oxygens (including phenoxy) is 2. The number of unbranched alkanes of at least 4 members (excludes halogenated alkanes) is 2. The zero-order chi connectivity index (χ0) is 30.0. The first-order chi connectivity index (χ1) is 20.2. The van der Waals surface area contributed by atoms with Crippen LogP contribution in [0.5, 0.6) is 23.0 Å². The third-order valence-electron chi connectivity index (χ3n) is 7.52. The van der Waals surface area contributed by atoms with Gasteiger partial charge in [-0.1, -0.05) is 51.0 Å². The summed E-state index contributed by atoms with van der Waals surface area (Å²) < 4.78 is 12.2. The second kappa shape index (κ2) is 11.9. The molecular formula is C34H36N4O4. The molecule has 42 heavy (non-hydrogen) atoms. The van der Waals surface area contributed by atoms with Crippen LogP contribution in [0.4, 0.5) is 22.7 Å². The van der Waals surface area contributed by atoms with Crippen LogP contribution in [0.15, 0.2) is 60.7 Å². The van der Waals surface area contributed by atoms with E-state index in [4.69, 9.17) is 32.4 Å². The molecule has 0 saturated heterocycles. The first-order valence-corrected chi connectivity index (χ1v) is 14.3. The summed E-state index contributed by atoms with van der Waals surface area (Å²) in [6.45, 7) is 4.27. The van der Waals surface area contributed by atoms with Crippen molar-refractivity contribution >= 4 is 34.3 Å². The Hall–Kier alpha value is -4.98. The number of carbonyl (C=O) groups is 2. The maximum atomic E-state index is 14.0. The second-order valence-electron chi connectivity index (χ2n) is 10.6. The minimum atomic E-state index is -0.572. The van der Waals surface area contributed by atoms with E-state index in [9.17, 15) is 9.59 Å². The van der Waals surface area contributed by atoms with Crippen LogP contribution in [0, 0.1) is 0 Å². The number of benzene rings is 4. The van der Waals surface area contributed by atoms with E-state index in [2.05, 4.69) is 13.8 Å². The number of nitrogen functional groups attached to an aromatic ring is 4. The number of nitrogens with two attached hydrogens (primary N) is 4. The molecule has 1 aliphatic rings. The highest BCUT2D eigenvalue weighted by atomic mass is 16.5. The smallest absolute Gasteiger partial charge is 0.199 e. The molecule has 0 atom stereocenters. The molecule has 0 spiro atoms. The highest BCUT2D eigenvalue weighted by Crippen LogP contribution is 2.46. The van der Waals surface area contributed by atoms with Crippen LogP contribution in [0.1, 0.15) is 82.5 Å². The Labute approximate surface area is 245 Å². The lowest BCUT2D eigenvalue weighted by atomic mass is 9.80. The van der Waals surface area contributed by atoms with E-state index in [0.717, 1.165) is 49.7 Å². The monoisotopic (exact) mass is 564 g/mol. The molecule has 0 amide bonds. The van der Waals surface area contributed by atoms with Gasteiger partial charge in [-0.15, -0.1) is 0 Å². The van der Waals surface area contributed by atoms with Gasteiger partial charge in [0, 0.05) is 23.5 Å². The summed E-state index contributed by atoms with van der Waals surface area (Å²) >= 11 is 0.